The minimum Gasteiger partial charge on any atom is -0.360 e. The fourth-order valence-electron chi connectivity index (χ4n) is 2.72. The molecule has 19 heavy (non-hydrogen) atoms. The molecule has 4 nitrogen and oxygen atoms in total. The molecule has 0 bridgehead atoms. The maximum absolute atomic E-state index is 12.7. The number of nitrogens with zero attached hydrogens (tertiary/aromatic N) is 2. The highest BCUT2D eigenvalue weighted by atomic mass is 16.5. The Morgan fingerprint density at radius 3 is 2.74 bits per heavy atom. The number of hydrogen-bond donors (Lipinski definition) is 0. The van der Waals surface area contributed by atoms with Crippen LogP contribution in [0.4, 0.5) is 0 Å². The van der Waals surface area contributed by atoms with E-state index in [0.717, 1.165) is 18.4 Å². The monoisotopic (exact) mass is 256 g/mol. The molecule has 98 valence electrons. The van der Waals surface area contributed by atoms with Crippen molar-refractivity contribution in [3.8, 4) is 6.07 Å². The first-order chi connectivity index (χ1) is 9.26. The number of nitriles is 1. The van der Waals surface area contributed by atoms with Crippen molar-refractivity contribution in [2.75, 3.05) is 19.7 Å². The van der Waals surface area contributed by atoms with Crippen molar-refractivity contribution in [2.45, 2.75) is 24.4 Å². The molecule has 1 saturated heterocycles. The van der Waals surface area contributed by atoms with Gasteiger partial charge in [-0.25, -0.2) is 0 Å². The molecule has 1 aliphatic heterocycles. The van der Waals surface area contributed by atoms with Crippen LogP contribution in [0.2, 0.25) is 0 Å². The lowest BCUT2D eigenvalue weighted by Crippen LogP contribution is -2.49. The summed E-state index contributed by atoms with van der Waals surface area (Å²) in [7, 11) is 0. The Labute approximate surface area is 112 Å². The summed E-state index contributed by atoms with van der Waals surface area (Å²) >= 11 is 0. The predicted molar refractivity (Wildman–Crippen MR) is 69.3 cm³/mol. The first-order valence-corrected chi connectivity index (χ1v) is 6.62. The summed E-state index contributed by atoms with van der Waals surface area (Å²) in [5.74, 6) is 0.155. The summed E-state index contributed by atoms with van der Waals surface area (Å²) in [5, 5.41) is 8.91. The molecule has 1 aromatic rings. The van der Waals surface area contributed by atoms with Gasteiger partial charge in [0.2, 0.25) is 5.91 Å². The molecule has 0 N–H and O–H groups in total. The molecule has 1 saturated carbocycles. The molecule has 1 amide bonds. The maximum Gasteiger partial charge on any atom is 0.233 e. The topological polar surface area (TPSA) is 53.3 Å². The average Bonchev–Trinajstić information content (AvgIpc) is 3.29. The smallest absolute Gasteiger partial charge is 0.233 e. The molecule has 1 aromatic carbocycles. The summed E-state index contributed by atoms with van der Waals surface area (Å²) in [6, 6.07) is 12.0. The Bertz CT molecular complexity index is 517. The van der Waals surface area contributed by atoms with Gasteiger partial charge in [0.1, 0.15) is 0 Å². The zero-order valence-electron chi connectivity index (χ0n) is 10.7. The van der Waals surface area contributed by atoms with E-state index in [4.69, 9.17) is 10.00 Å². The van der Waals surface area contributed by atoms with Crippen LogP contribution in [0.25, 0.3) is 0 Å². The molecule has 2 aliphatic rings. The van der Waals surface area contributed by atoms with E-state index in [2.05, 4.69) is 6.07 Å². The normalized spacial score (nSPS) is 24.6. The van der Waals surface area contributed by atoms with Crippen molar-refractivity contribution in [1.82, 2.24) is 4.90 Å². The molecular formula is C15H16N2O2. The summed E-state index contributed by atoms with van der Waals surface area (Å²) in [6.45, 7) is 1.43. The van der Waals surface area contributed by atoms with E-state index in [1.165, 1.54) is 0 Å². The van der Waals surface area contributed by atoms with Crippen molar-refractivity contribution in [2.24, 2.45) is 0 Å². The number of benzene rings is 1. The van der Waals surface area contributed by atoms with Crippen LogP contribution in [-0.2, 0) is 14.9 Å². The summed E-state index contributed by atoms with van der Waals surface area (Å²) in [6.07, 6.45) is 1.33. The van der Waals surface area contributed by atoms with Crippen LogP contribution >= 0.6 is 0 Å². The predicted octanol–water partition coefficient (Wildman–Crippen LogP) is 1.47. The molecule has 3 rings (SSSR count). The number of hydrogen-bond acceptors (Lipinski definition) is 3. The second kappa shape index (κ2) is 4.67. The van der Waals surface area contributed by atoms with Crippen molar-refractivity contribution in [3.63, 3.8) is 0 Å². The van der Waals surface area contributed by atoms with E-state index in [9.17, 15) is 4.79 Å². The summed E-state index contributed by atoms with van der Waals surface area (Å²) in [5.41, 5.74) is 0.763. The molecule has 2 fully saturated rings. The van der Waals surface area contributed by atoms with E-state index in [1.54, 1.807) is 4.90 Å². The average molecular weight is 256 g/mol. The van der Waals surface area contributed by atoms with Crippen molar-refractivity contribution < 1.29 is 9.53 Å². The molecule has 1 heterocycles. The van der Waals surface area contributed by atoms with E-state index in [0.29, 0.717) is 19.7 Å². The molecule has 4 heteroatoms. The third-order valence-electron chi connectivity index (χ3n) is 3.98. The number of morpholine rings is 1. The van der Waals surface area contributed by atoms with Gasteiger partial charge in [-0.1, -0.05) is 30.3 Å². The first kappa shape index (κ1) is 12.2. The molecule has 0 spiro atoms. The lowest BCUT2D eigenvalue weighted by molar-refractivity contribution is -0.139. The van der Waals surface area contributed by atoms with Gasteiger partial charge >= 0.3 is 0 Å². The van der Waals surface area contributed by atoms with Crippen LogP contribution in [0.5, 0.6) is 0 Å². The van der Waals surface area contributed by atoms with E-state index >= 15 is 0 Å². The first-order valence-electron chi connectivity index (χ1n) is 6.62. The van der Waals surface area contributed by atoms with Crippen LogP contribution in [0, 0.1) is 11.3 Å². The molecule has 1 unspecified atom stereocenters. The van der Waals surface area contributed by atoms with Crippen LogP contribution in [0.15, 0.2) is 30.3 Å². The number of rotatable bonds is 2. The van der Waals surface area contributed by atoms with Gasteiger partial charge in [0.15, 0.2) is 6.10 Å². The van der Waals surface area contributed by atoms with Crippen molar-refractivity contribution >= 4 is 5.91 Å². The Hall–Kier alpha value is -1.86. The van der Waals surface area contributed by atoms with Gasteiger partial charge in [-0.2, -0.15) is 5.26 Å². The largest absolute Gasteiger partial charge is 0.360 e. The number of carbonyl (C=O) groups is 1. The van der Waals surface area contributed by atoms with E-state index < -0.39 is 6.10 Å². The van der Waals surface area contributed by atoms with Gasteiger partial charge in [-0.05, 0) is 18.4 Å². The summed E-state index contributed by atoms with van der Waals surface area (Å²) < 4.78 is 5.29. The lowest BCUT2D eigenvalue weighted by Gasteiger charge is -2.32. The van der Waals surface area contributed by atoms with Crippen LogP contribution in [0.1, 0.15) is 18.4 Å². The molecule has 0 radical (unpaired) electrons. The highest BCUT2D eigenvalue weighted by molar-refractivity contribution is 5.91. The standard InChI is InChI=1S/C15H16N2O2/c16-10-13-11-17(8-9-19-13)14(18)15(6-7-15)12-4-2-1-3-5-12/h1-5,13H,6-9,11H2. The van der Waals surface area contributed by atoms with Gasteiger partial charge < -0.3 is 9.64 Å². The lowest BCUT2D eigenvalue weighted by atomic mass is 9.94. The Morgan fingerprint density at radius 1 is 1.37 bits per heavy atom. The van der Waals surface area contributed by atoms with Gasteiger partial charge in [0.05, 0.1) is 24.6 Å². The molecule has 1 atom stereocenters. The summed E-state index contributed by atoms with van der Waals surface area (Å²) in [4.78, 5) is 14.5. The van der Waals surface area contributed by atoms with Crippen LogP contribution in [0.3, 0.4) is 0 Å². The van der Waals surface area contributed by atoms with Gasteiger partial charge in [-0.15, -0.1) is 0 Å². The van der Waals surface area contributed by atoms with Crippen LogP contribution < -0.4 is 0 Å². The van der Waals surface area contributed by atoms with Crippen molar-refractivity contribution in [1.29, 1.82) is 5.26 Å². The molecule has 0 aromatic heterocycles. The van der Waals surface area contributed by atoms with E-state index in [1.807, 2.05) is 30.3 Å². The molecular weight excluding hydrogens is 240 g/mol. The quantitative estimate of drug-likeness (QED) is 0.805. The second-order valence-corrected chi connectivity index (χ2v) is 5.19. The maximum atomic E-state index is 12.7. The Morgan fingerprint density at radius 2 is 2.11 bits per heavy atom. The van der Waals surface area contributed by atoms with Gasteiger partial charge in [0.25, 0.3) is 0 Å². The van der Waals surface area contributed by atoms with E-state index in [-0.39, 0.29) is 11.3 Å². The highest BCUT2D eigenvalue weighted by Crippen LogP contribution is 2.49. The number of ether oxygens (including phenoxy) is 1. The minimum absolute atomic E-state index is 0.155. The van der Waals surface area contributed by atoms with Crippen molar-refractivity contribution in [3.05, 3.63) is 35.9 Å². The zero-order valence-corrected chi connectivity index (χ0v) is 10.7. The van der Waals surface area contributed by atoms with Crippen LogP contribution in [-0.4, -0.2) is 36.6 Å². The number of carbonyl (C=O) groups excluding carboxylic acids is 1. The highest BCUT2D eigenvalue weighted by Gasteiger charge is 2.53. The second-order valence-electron chi connectivity index (χ2n) is 5.19. The minimum atomic E-state index is -0.482. The zero-order chi connectivity index (χ0) is 13.3. The Balaban J connectivity index is 1.79. The third-order valence-corrected chi connectivity index (χ3v) is 3.98. The van der Waals surface area contributed by atoms with Gasteiger partial charge in [-0.3, -0.25) is 4.79 Å². The van der Waals surface area contributed by atoms with Gasteiger partial charge in [0, 0.05) is 6.54 Å². The molecule has 1 aliphatic carbocycles. The fourth-order valence-corrected chi connectivity index (χ4v) is 2.72. The Kier molecular flexibility index (Phi) is 3.00. The fraction of sp³-hybridized carbons (Fsp3) is 0.467. The SMILES string of the molecule is N#CC1CN(C(=O)C2(c3ccccc3)CC2)CCO1. The third kappa shape index (κ3) is 2.11. The number of amides is 1.